The maximum Gasteiger partial charge on any atom is 0.295 e. The second-order valence-corrected chi connectivity index (χ2v) is 6.22. The number of aromatic amines is 1. The Bertz CT molecular complexity index is 1020. The van der Waals surface area contributed by atoms with Gasteiger partial charge in [0.05, 0.1) is 16.7 Å². The fraction of sp³-hybridized carbons (Fsp3) is 0.278. The number of fused-ring (bicyclic) bond motifs is 1. The van der Waals surface area contributed by atoms with Gasteiger partial charge in [-0.05, 0) is 45.4 Å². The van der Waals surface area contributed by atoms with E-state index in [1.165, 1.54) is 0 Å². The van der Waals surface area contributed by atoms with Gasteiger partial charge in [-0.25, -0.2) is 13.8 Å². The summed E-state index contributed by atoms with van der Waals surface area (Å²) in [6.07, 6.45) is -2.73. The minimum atomic E-state index is -2.73. The van der Waals surface area contributed by atoms with E-state index < -0.39 is 12.2 Å². The summed E-state index contributed by atoms with van der Waals surface area (Å²) >= 11 is 0. The van der Waals surface area contributed by atoms with Crippen molar-refractivity contribution >= 4 is 22.3 Å². The molecule has 2 aromatic heterocycles. The second-order valence-electron chi connectivity index (χ2n) is 6.22. The SMILES string of the molecule is CC(=N)/C(=C(/C)N)c1cc(-c2c(C)noc2C)cc2[nH]c(C(F)F)nc12. The number of alkyl halides is 2. The van der Waals surface area contributed by atoms with Gasteiger partial charge >= 0.3 is 0 Å². The summed E-state index contributed by atoms with van der Waals surface area (Å²) in [7, 11) is 0. The van der Waals surface area contributed by atoms with Gasteiger partial charge in [-0.15, -0.1) is 0 Å². The van der Waals surface area contributed by atoms with Crippen molar-refractivity contribution in [1.82, 2.24) is 15.1 Å². The highest BCUT2D eigenvalue weighted by Gasteiger charge is 2.21. The summed E-state index contributed by atoms with van der Waals surface area (Å²) in [6.45, 7) is 6.85. The van der Waals surface area contributed by atoms with Crippen LogP contribution in [0.2, 0.25) is 0 Å². The van der Waals surface area contributed by atoms with E-state index in [-0.39, 0.29) is 5.71 Å². The topological polar surface area (TPSA) is 105 Å². The molecule has 0 atom stereocenters. The van der Waals surface area contributed by atoms with E-state index in [0.29, 0.717) is 39.3 Å². The number of hydrogen-bond donors (Lipinski definition) is 3. The number of halogens is 2. The molecule has 2 heterocycles. The largest absolute Gasteiger partial charge is 0.402 e. The average molecular weight is 359 g/mol. The zero-order valence-electron chi connectivity index (χ0n) is 14.9. The fourth-order valence-electron chi connectivity index (χ4n) is 3.18. The van der Waals surface area contributed by atoms with E-state index in [1.54, 1.807) is 39.8 Å². The van der Waals surface area contributed by atoms with E-state index in [1.807, 2.05) is 0 Å². The lowest BCUT2D eigenvalue weighted by Crippen LogP contribution is -2.05. The summed E-state index contributed by atoms with van der Waals surface area (Å²) in [4.78, 5) is 6.70. The Hall–Kier alpha value is -3.03. The third-order valence-corrected chi connectivity index (χ3v) is 4.17. The average Bonchev–Trinajstić information content (AvgIpc) is 3.10. The molecule has 1 aromatic carbocycles. The van der Waals surface area contributed by atoms with Crippen LogP contribution in [0.15, 0.2) is 22.4 Å². The molecule has 3 rings (SSSR count). The van der Waals surface area contributed by atoms with Crippen LogP contribution in [-0.2, 0) is 0 Å². The molecular formula is C18H19F2N5O. The van der Waals surface area contributed by atoms with Gasteiger partial charge in [-0.3, -0.25) is 0 Å². The third kappa shape index (κ3) is 2.87. The monoisotopic (exact) mass is 359 g/mol. The summed E-state index contributed by atoms with van der Waals surface area (Å²) in [5.41, 5.74) is 10.6. The number of aromatic nitrogens is 3. The van der Waals surface area contributed by atoms with E-state index in [2.05, 4.69) is 15.1 Å². The molecular weight excluding hydrogens is 340 g/mol. The number of imidazole rings is 1. The molecule has 0 saturated heterocycles. The van der Waals surface area contributed by atoms with Crippen LogP contribution in [-0.4, -0.2) is 20.8 Å². The number of hydrogen-bond acceptors (Lipinski definition) is 5. The summed E-state index contributed by atoms with van der Waals surface area (Å²) in [6, 6.07) is 3.52. The molecule has 0 aliphatic carbocycles. The van der Waals surface area contributed by atoms with Crippen LogP contribution in [0.3, 0.4) is 0 Å². The van der Waals surface area contributed by atoms with Crippen molar-refractivity contribution in [3.05, 3.63) is 40.7 Å². The molecule has 0 amide bonds. The van der Waals surface area contributed by atoms with Crippen molar-refractivity contribution in [1.29, 1.82) is 5.41 Å². The Labute approximate surface area is 148 Å². The van der Waals surface area contributed by atoms with E-state index in [4.69, 9.17) is 15.7 Å². The van der Waals surface area contributed by atoms with Gasteiger partial charge < -0.3 is 20.7 Å². The zero-order valence-corrected chi connectivity index (χ0v) is 14.9. The fourth-order valence-corrected chi connectivity index (χ4v) is 3.18. The lowest BCUT2D eigenvalue weighted by atomic mass is 9.94. The highest BCUT2D eigenvalue weighted by atomic mass is 19.3. The van der Waals surface area contributed by atoms with Gasteiger partial charge in [0.25, 0.3) is 6.43 Å². The Morgan fingerprint density at radius 1 is 1.27 bits per heavy atom. The number of rotatable bonds is 4. The summed E-state index contributed by atoms with van der Waals surface area (Å²) in [5.74, 6) is 0.191. The van der Waals surface area contributed by atoms with Crippen LogP contribution >= 0.6 is 0 Å². The molecule has 0 unspecified atom stereocenters. The molecule has 0 fully saturated rings. The Morgan fingerprint density at radius 3 is 2.46 bits per heavy atom. The number of nitrogens with zero attached hydrogens (tertiary/aromatic N) is 2. The number of aryl methyl sites for hydroxylation is 2. The number of nitrogens with one attached hydrogen (secondary N) is 2. The molecule has 0 saturated carbocycles. The molecule has 136 valence electrons. The van der Waals surface area contributed by atoms with E-state index in [9.17, 15) is 8.78 Å². The van der Waals surface area contributed by atoms with Crippen LogP contribution in [0.4, 0.5) is 8.78 Å². The van der Waals surface area contributed by atoms with Crippen LogP contribution in [0.25, 0.3) is 27.7 Å². The van der Waals surface area contributed by atoms with Crippen molar-refractivity contribution in [2.45, 2.75) is 34.1 Å². The molecule has 0 radical (unpaired) electrons. The Morgan fingerprint density at radius 2 is 1.96 bits per heavy atom. The Balaban J connectivity index is 2.41. The van der Waals surface area contributed by atoms with Gasteiger partial charge in [0, 0.05) is 28.1 Å². The molecule has 6 nitrogen and oxygen atoms in total. The first kappa shape index (κ1) is 17.8. The van der Waals surface area contributed by atoms with Crippen LogP contribution in [0, 0.1) is 19.3 Å². The molecule has 0 bridgehead atoms. The first-order chi connectivity index (χ1) is 12.2. The number of H-pyrrole nitrogens is 1. The summed E-state index contributed by atoms with van der Waals surface area (Å²) in [5, 5.41) is 12.0. The van der Waals surface area contributed by atoms with Crippen molar-refractivity contribution < 1.29 is 13.3 Å². The van der Waals surface area contributed by atoms with Crippen molar-refractivity contribution in [2.24, 2.45) is 5.73 Å². The molecule has 4 N–H and O–H groups in total. The van der Waals surface area contributed by atoms with E-state index in [0.717, 1.165) is 11.1 Å². The lowest BCUT2D eigenvalue weighted by molar-refractivity contribution is 0.142. The minimum Gasteiger partial charge on any atom is -0.402 e. The van der Waals surface area contributed by atoms with Crippen LogP contribution in [0.1, 0.15) is 43.1 Å². The van der Waals surface area contributed by atoms with Crippen LogP contribution < -0.4 is 5.73 Å². The summed E-state index contributed by atoms with van der Waals surface area (Å²) < 4.78 is 31.5. The number of nitrogens with two attached hydrogens (primary N) is 1. The molecule has 0 spiro atoms. The first-order valence-corrected chi connectivity index (χ1v) is 7.98. The highest BCUT2D eigenvalue weighted by Crippen LogP contribution is 2.35. The highest BCUT2D eigenvalue weighted by molar-refractivity contribution is 6.24. The second kappa shape index (κ2) is 6.36. The Kier molecular flexibility index (Phi) is 4.35. The number of benzene rings is 1. The normalized spacial score (nSPS) is 12.7. The van der Waals surface area contributed by atoms with Gasteiger partial charge in [-0.1, -0.05) is 5.16 Å². The lowest BCUT2D eigenvalue weighted by Gasteiger charge is -2.12. The van der Waals surface area contributed by atoms with Crippen molar-refractivity contribution in [2.75, 3.05) is 0 Å². The van der Waals surface area contributed by atoms with Crippen molar-refractivity contribution in [3.8, 4) is 11.1 Å². The smallest absolute Gasteiger partial charge is 0.295 e. The maximum absolute atomic E-state index is 13.2. The van der Waals surface area contributed by atoms with Gasteiger partial charge in [0.2, 0.25) is 0 Å². The molecule has 26 heavy (non-hydrogen) atoms. The molecule has 3 aromatic rings. The van der Waals surface area contributed by atoms with Gasteiger partial charge in [0.1, 0.15) is 5.76 Å². The standard InChI is InChI=1S/C18H19F2N5O/c1-7(21)14(8(2)22)12-5-11(15-9(3)25-26-10(15)4)6-13-16(12)24-18(23-13)17(19)20/h5-6,17,21H,22H2,1-4H3,(H,23,24)/b14-8+,21-7?. The molecule has 0 aliphatic rings. The van der Waals surface area contributed by atoms with Gasteiger partial charge in [-0.2, -0.15) is 0 Å². The minimum absolute atomic E-state index is 0.226. The molecule has 8 heteroatoms. The number of allylic oxidation sites excluding steroid dienone is 2. The zero-order chi connectivity index (χ0) is 19.2. The quantitative estimate of drug-likeness (QED) is 0.596. The first-order valence-electron chi connectivity index (χ1n) is 7.98. The van der Waals surface area contributed by atoms with E-state index >= 15 is 0 Å². The third-order valence-electron chi connectivity index (χ3n) is 4.17. The predicted octanol–water partition coefficient (Wildman–Crippen LogP) is 4.50. The predicted molar refractivity (Wildman–Crippen MR) is 96.2 cm³/mol. The van der Waals surface area contributed by atoms with Gasteiger partial charge in [0.15, 0.2) is 5.82 Å². The molecule has 0 aliphatic heterocycles. The van der Waals surface area contributed by atoms with Crippen molar-refractivity contribution in [3.63, 3.8) is 0 Å². The maximum atomic E-state index is 13.2. The van der Waals surface area contributed by atoms with Crippen LogP contribution in [0.5, 0.6) is 0 Å².